The first-order chi connectivity index (χ1) is 10.7. The molecule has 112 valence electrons. The van der Waals surface area contributed by atoms with Gasteiger partial charge in [0.1, 0.15) is 5.82 Å². The van der Waals surface area contributed by atoms with Gasteiger partial charge in [-0.05, 0) is 31.2 Å². The van der Waals surface area contributed by atoms with Crippen molar-refractivity contribution < 1.29 is 4.79 Å². The third-order valence-electron chi connectivity index (χ3n) is 4.60. The molecular formula is C17H18N4O. The summed E-state index contributed by atoms with van der Waals surface area (Å²) in [4.78, 5) is 25.5. The Morgan fingerprint density at radius 2 is 2.05 bits per heavy atom. The minimum absolute atomic E-state index is 0.0718. The van der Waals surface area contributed by atoms with Crippen molar-refractivity contribution in [3.63, 3.8) is 0 Å². The lowest BCUT2D eigenvalue weighted by atomic mass is 10.0. The van der Waals surface area contributed by atoms with E-state index in [0.717, 1.165) is 36.8 Å². The molecule has 4 rings (SSSR count). The number of aryl methyl sites for hydroxylation is 1. The summed E-state index contributed by atoms with van der Waals surface area (Å²) in [5.41, 5.74) is 1.92. The van der Waals surface area contributed by atoms with Gasteiger partial charge in [-0.25, -0.2) is 4.98 Å². The topological polar surface area (TPSA) is 49.3 Å². The van der Waals surface area contributed by atoms with Crippen molar-refractivity contribution in [2.24, 2.45) is 11.8 Å². The average molecular weight is 294 g/mol. The number of hydrogen-bond acceptors (Lipinski definition) is 4. The molecule has 2 atom stereocenters. The molecule has 2 aliphatic rings. The van der Waals surface area contributed by atoms with E-state index >= 15 is 0 Å². The highest BCUT2D eigenvalue weighted by Gasteiger charge is 2.46. The zero-order valence-corrected chi connectivity index (χ0v) is 12.5. The monoisotopic (exact) mass is 294 g/mol. The van der Waals surface area contributed by atoms with Gasteiger partial charge >= 0.3 is 0 Å². The molecule has 0 saturated carbocycles. The van der Waals surface area contributed by atoms with E-state index in [1.54, 1.807) is 12.4 Å². The Morgan fingerprint density at radius 3 is 2.77 bits per heavy atom. The Balaban J connectivity index is 1.53. The van der Waals surface area contributed by atoms with Crippen LogP contribution in [0.5, 0.6) is 0 Å². The van der Waals surface area contributed by atoms with Gasteiger partial charge in [0.25, 0.3) is 0 Å². The molecule has 1 amide bonds. The molecule has 0 aliphatic carbocycles. The normalized spacial score (nSPS) is 24.0. The lowest BCUT2D eigenvalue weighted by Gasteiger charge is -2.22. The molecule has 0 bridgehead atoms. The molecule has 0 aromatic carbocycles. The Kier molecular flexibility index (Phi) is 3.06. The summed E-state index contributed by atoms with van der Waals surface area (Å²) in [6.45, 7) is 4.42. The molecule has 4 heterocycles. The summed E-state index contributed by atoms with van der Waals surface area (Å²) in [5, 5.41) is 0. The van der Waals surface area contributed by atoms with Gasteiger partial charge in [-0.1, -0.05) is 6.07 Å². The van der Waals surface area contributed by atoms with Crippen molar-refractivity contribution >= 4 is 17.4 Å². The second-order valence-electron chi connectivity index (χ2n) is 6.07. The van der Waals surface area contributed by atoms with Crippen LogP contribution in [0.3, 0.4) is 0 Å². The van der Waals surface area contributed by atoms with Crippen molar-refractivity contribution in [1.82, 2.24) is 9.97 Å². The first-order valence-electron chi connectivity index (χ1n) is 7.62. The maximum atomic E-state index is 12.7. The Bertz CT molecular complexity index is 703. The molecule has 2 fully saturated rings. The second-order valence-corrected chi connectivity index (χ2v) is 6.07. The minimum atomic E-state index is 0.0718. The lowest BCUT2D eigenvalue weighted by molar-refractivity contribution is -0.120. The molecule has 0 radical (unpaired) electrons. The van der Waals surface area contributed by atoms with Crippen LogP contribution < -0.4 is 9.80 Å². The molecule has 22 heavy (non-hydrogen) atoms. The van der Waals surface area contributed by atoms with Gasteiger partial charge in [0.2, 0.25) is 5.91 Å². The van der Waals surface area contributed by atoms with E-state index in [9.17, 15) is 4.79 Å². The molecule has 2 aliphatic heterocycles. The first kappa shape index (κ1) is 13.2. The van der Waals surface area contributed by atoms with Gasteiger partial charge in [0, 0.05) is 37.4 Å². The predicted molar refractivity (Wildman–Crippen MR) is 84.8 cm³/mol. The number of carbonyl (C=O) groups excluding carboxylic acids is 1. The zero-order valence-electron chi connectivity index (χ0n) is 12.5. The van der Waals surface area contributed by atoms with E-state index < -0.39 is 0 Å². The molecule has 2 aromatic heterocycles. The van der Waals surface area contributed by atoms with E-state index in [2.05, 4.69) is 14.9 Å². The molecule has 0 spiro atoms. The highest BCUT2D eigenvalue weighted by Crippen LogP contribution is 2.36. The quantitative estimate of drug-likeness (QED) is 0.848. The third-order valence-corrected chi connectivity index (χ3v) is 4.60. The summed E-state index contributed by atoms with van der Waals surface area (Å²) in [5.74, 6) is 1.64. The fourth-order valence-electron chi connectivity index (χ4n) is 3.50. The minimum Gasteiger partial charge on any atom is -0.355 e. The van der Waals surface area contributed by atoms with E-state index in [4.69, 9.17) is 0 Å². The molecule has 0 N–H and O–H groups in total. The first-order valence-corrected chi connectivity index (χ1v) is 7.62. The number of hydrogen-bond donors (Lipinski definition) is 0. The average Bonchev–Trinajstić information content (AvgIpc) is 3.08. The summed E-state index contributed by atoms with van der Waals surface area (Å²) in [6, 6.07) is 9.87. The zero-order chi connectivity index (χ0) is 15.1. The van der Waals surface area contributed by atoms with Crippen LogP contribution in [-0.2, 0) is 4.79 Å². The van der Waals surface area contributed by atoms with Gasteiger partial charge in [-0.2, -0.15) is 0 Å². The van der Waals surface area contributed by atoms with Crippen molar-refractivity contribution in [2.75, 3.05) is 29.4 Å². The Labute approximate surface area is 129 Å². The standard InChI is InChI=1S/C17H18N4O/c1-12-4-2-6-16(19-12)20-9-13-10-21(17(22)15(13)11-20)14-5-3-7-18-8-14/h2-8,13,15H,9-11H2,1H3/t13-,15-/m1/s1. The van der Waals surface area contributed by atoms with E-state index in [-0.39, 0.29) is 11.8 Å². The Morgan fingerprint density at radius 1 is 1.14 bits per heavy atom. The summed E-state index contributed by atoms with van der Waals surface area (Å²) < 4.78 is 0. The number of nitrogens with zero attached hydrogens (tertiary/aromatic N) is 4. The van der Waals surface area contributed by atoms with Crippen LogP contribution in [0, 0.1) is 18.8 Å². The molecule has 0 unspecified atom stereocenters. The summed E-state index contributed by atoms with van der Waals surface area (Å²) >= 11 is 0. The number of fused-ring (bicyclic) bond motifs is 1. The number of carbonyl (C=O) groups is 1. The van der Waals surface area contributed by atoms with E-state index in [1.165, 1.54) is 0 Å². The largest absolute Gasteiger partial charge is 0.355 e. The van der Waals surface area contributed by atoms with Crippen LogP contribution >= 0.6 is 0 Å². The van der Waals surface area contributed by atoms with Crippen molar-refractivity contribution in [3.05, 3.63) is 48.4 Å². The van der Waals surface area contributed by atoms with Crippen LogP contribution in [0.1, 0.15) is 5.69 Å². The Hall–Kier alpha value is -2.43. The van der Waals surface area contributed by atoms with Crippen LogP contribution in [0.4, 0.5) is 11.5 Å². The van der Waals surface area contributed by atoms with E-state index in [0.29, 0.717) is 5.92 Å². The SMILES string of the molecule is Cc1cccc(N2C[C@@H]3CN(c4cccnc4)C(=O)[C@@H]3C2)n1. The van der Waals surface area contributed by atoms with Gasteiger partial charge in [-0.15, -0.1) is 0 Å². The van der Waals surface area contributed by atoms with Crippen molar-refractivity contribution in [2.45, 2.75) is 6.92 Å². The maximum absolute atomic E-state index is 12.7. The number of pyridine rings is 2. The smallest absolute Gasteiger partial charge is 0.232 e. The number of anilines is 2. The molecule has 2 saturated heterocycles. The lowest BCUT2D eigenvalue weighted by Crippen LogP contribution is -2.33. The van der Waals surface area contributed by atoms with Gasteiger partial charge < -0.3 is 9.80 Å². The number of amides is 1. The van der Waals surface area contributed by atoms with Gasteiger partial charge in [-0.3, -0.25) is 9.78 Å². The number of rotatable bonds is 2. The van der Waals surface area contributed by atoms with Gasteiger partial charge in [0.15, 0.2) is 0 Å². The molecule has 2 aromatic rings. The van der Waals surface area contributed by atoms with Crippen LogP contribution in [0.25, 0.3) is 0 Å². The van der Waals surface area contributed by atoms with Gasteiger partial charge in [0.05, 0.1) is 17.8 Å². The predicted octanol–water partition coefficient (Wildman–Crippen LogP) is 1.88. The molecular weight excluding hydrogens is 276 g/mol. The van der Waals surface area contributed by atoms with E-state index in [1.807, 2.05) is 42.2 Å². The highest BCUT2D eigenvalue weighted by atomic mass is 16.2. The number of aromatic nitrogens is 2. The summed E-state index contributed by atoms with van der Waals surface area (Å²) in [6.07, 6.45) is 3.49. The fraction of sp³-hybridized carbons (Fsp3) is 0.353. The van der Waals surface area contributed by atoms with Crippen LogP contribution in [0.15, 0.2) is 42.7 Å². The summed E-state index contributed by atoms with van der Waals surface area (Å²) in [7, 11) is 0. The highest BCUT2D eigenvalue weighted by molar-refractivity contribution is 5.98. The van der Waals surface area contributed by atoms with Crippen molar-refractivity contribution in [3.8, 4) is 0 Å². The van der Waals surface area contributed by atoms with Crippen molar-refractivity contribution in [1.29, 1.82) is 0 Å². The third kappa shape index (κ3) is 2.13. The van der Waals surface area contributed by atoms with Crippen LogP contribution in [0.2, 0.25) is 0 Å². The molecule has 5 heteroatoms. The second kappa shape index (κ2) is 5.09. The van der Waals surface area contributed by atoms with Crippen LogP contribution in [-0.4, -0.2) is 35.5 Å². The fourth-order valence-corrected chi connectivity index (χ4v) is 3.50. The molecule has 5 nitrogen and oxygen atoms in total. The maximum Gasteiger partial charge on any atom is 0.232 e.